The molecule has 5 heteroatoms. The van der Waals surface area contributed by atoms with Gasteiger partial charge in [-0.15, -0.1) is 0 Å². The molecule has 3 N–H and O–H groups in total. The van der Waals surface area contributed by atoms with E-state index in [9.17, 15) is 4.79 Å². The van der Waals surface area contributed by atoms with Crippen LogP contribution >= 0.6 is 0 Å². The predicted octanol–water partition coefficient (Wildman–Crippen LogP) is 0.629. The van der Waals surface area contributed by atoms with Gasteiger partial charge in [0.15, 0.2) is 0 Å². The van der Waals surface area contributed by atoms with Crippen molar-refractivity contribution in [3.05, 3.63) is 23.9 Å². The van der Waals surface area contributed by atoms with Gasteiger partial charge in [-0.05, 0) is 19.1 Å². The largest absolute Gasteiger partial charge is 0.370 e. The number of carbonyl (C=O) groups is 1. The van der Waals surface area contributed by atoms with Gasteiger partial charge in [0.1, 0.15) is 11.9 Å². The van der Waals surface area contributed by atoms with Crippen molar-refractivity contribution in [2.24, 2.45) is 5.73 Å². The molecule has 1 aromatic heterocycles. The van der Waals surface area contributed by atoms with E-state index in [0.717, 1.165) is 0 Å². The smallest absolute Gasteiger partial charge is 0.219 e. The van der Waals surface area contributed by atoms with E-state index in [4.69, 9.17) is 11.0 Å². The predicted molar refractivity (Wildman–Crippen MR) is 55.8 cm³/mol. The van der Waals surface area contributed by atoms with Crippen LogP contribution in [0.4, 0.5) is 5.82 Å². The summed E-state index contributed by atoms with van der Waals surface area (Å²) in [5.41, 5.74) is 5.55. The summed E-state index contributed by atoms with van der Waals surface area (Å²) >= 11 is 0. The van der Waals surface area contributed by atoms with Crippen molar-refractivity contribution in [3.8, 4) is 6.07 Å². The second-order valence-electron chi connectivity index (χ2n) is 3.26. The van der Waals surface area contributed by atoms with Gasteiger partial charge in [-0.1, -0.05) is 0 Å². The van der Waals surface area contributed by atoms with Crippen LogP contribution in [-0.4, -0.2) is 16.9 Å². The second kappa shape index (κ2) is 4.96. The number of hydrogen-bond acceptors (Lipinski definition) is 4. The summed E-state index contributed by atoms with van der Waals surface area (Å²) in [6.07, 6.45) is 1.72. The number of aromatic nitrogens is 1. The van der Waals surface area contributed by atoms with Gasteiger partial charge in [0.05, 0.1) is 5.56 Å². The lowest BCUT2D eigenvalue weighted by molar-refractivity contribution is -0.118. The number of nitrogens with zero attached hydrogens (tertiary/aromatic N) is 2. The molecule has 1 rings (SSSR count). The average molecular weight is 204 g/mol. The third-order valence-corrected chi connectivity index (χ3v) is 1.79. The summed E-state index contributed by atoms with van der Waals surface area (Å²) in [5, 5.41) is 11.6. The molecular weight excluding hydrogens is 192 g/mol. The highest BCUT2D eigenvalue weighted by atomic mass is 16.1. The number of nitrogens with one attached hydrogen (secondary N) is 1. The van der Waals surface area contributed by atoms with Gasteiger partial charge >= 0.3 is 0 Å². The van der Waals surface area contributed by atoms with Gasteiger partial charge in [0.2, 0.25) is 5.91 Å². The van der Waals surface area contributed by atoms with Gasteiger partial charge in [-0.3, -0.25) is 4.79 Å². The maximum Gasteiger partial charge on any atom is 0.219 e. The van der Waals surface area contributed by atoms with Crippen molar-refractivity contribution < 1.29 is 4.79 Å². The number of amides is 1. The molecular formula is C10H12N4O. The zero-order chi connectivity index (χ0) is 11.3. The summed E-state index contributed by atoms with van der Waals surface area (Å²) in [4.78, 5) is 14.6. The quantitative estimate of drug-likeness (QED) is 0.752. The van der Waals surface area contributed by atoms with E-state index in [-0.39, 0.29) is 18.4 Å². The third-order valence-electron chi connectivity index (χ3n) is 1.79. The molecule has 0 aliphatic carbocycles. The van der Waals surface area contributed by atoms with E-state index >= 15 is 0 Å². The molecule has 1 unspecified atom stereocenters. The number of carbonyl (C=O) groups excluding carboxylic acids is 1. The van der Waals surface area contributed by atoms with Crippen LogP contribution in [0, 0.1) is 11.3 Å². The van der Waals surface area contributed by atoms with E-state index in [2.05, 4.69) is 10.3 Å². The minimum absolute atomic E-state index is 0.0667. The zero-order valence-corrected chi connectivity index (χ0v) is 8.40. The minimum Gasteiger partial charge on any atom is -0.370 e. The van der Waals surface area contributed by atoms with Crippen molar-refractivity contribution in [1.82, 2.24) is 4.98 Å². The van der Waals surface area contributed by atoms with Crippen molar-refractivity contribution in [2.45, 2.75) is 19.4 Å². The molecule has 1 atom stereocenters. The molecule has 78 valence electrons. The number of nitrogens with two attached hydrogens (primary N) is 1. The van der Waals surface area contributed by atoms with Gasteiger partial charge in [-0.2, -0.15) is 5.26 Å². The molecule has 0 fully saturated rings. The first-order chi connectivity index (χ1) is 7.11. The van der Waals surface area contributed by atoms with Crippen molar-refractivity contribution >= 4 is 11.7 Å². The highest BCUT2D eigenvalue weighted by molar-refractivity contribution is 5.74. The molecule has 5 nitrogen and oxygen atoms in total. The number of rotatable bonds is 4. The van der Waals surface area contributed by atoms with Crippen LogP contribution in [0.1, 0.15) is 18.9 Å². The molecule has 0 bridgehead atoms. The van der Waals surface area contributed by atoms with E-state index in [1.807, 2.05) is 13.0 Å². The van der Waals surface area contributed by atoms with E-state index in [1.54, 1.807) is 12.1 Å². The Kier molecular flexibility index (Phi) is 3.63. The van der Waals surface area contributed by atoms with Gasteiger partial charge < -0.3 is 11.1 Å². The van der Waals surface area contributed by atoms with Crippen LogP contribution < -0.4 is 11.1 Å². The molecule has 1 heterocycles. The van der Waals surface area contributed by atoms with E-state index in [1.165, 1.54) is 6.20 Å². The van der Waals surface area contributed by atoms with Crippen LogP contribution in [0.2, 0.25) is 0 Å². The van der Waals surface area contributed by atoms with Crippen molar-refractivity contribution in [1.29, 1.82) is 5.26 Å². The Balaban J connectivity index is 2.58. The first-order valence-corrected chi connectivity index (χ1v) is 4.53. The maximum atomic E-state index is 10.6. The lowest BCUT2D eigenvalue weighted by atomic mass is 10.2. The van der Waals surface area contributed by atoms with Crippen molar-refractivity contribution in [2.75, 3.05) is 5.32 Å². The molecule has 0 aliphatic rings. The molecule has 0 saturated heterocycles. The van der Waals surface area contributed by atoms with Gasteiger partial charge in [0, 0.05) is 18.7 Å². The lowest BCUT2D eigenvalue weighted by Crippen LogP contribution is -2.24. The molecule has 1 aromatic rings. The number of anilines is 1. The highest BCUT2D eigenvalue weighted by Gasteiger charge is 2.05. The van der Waals surface area contributed by atoms with Crippen molar-refractivity contribution in [3.63, 3.8) is 0 Å². The van der Waals surface area contributed by atoms with Crippen LogP contribution in [0.25, 0.3) is 0 Å². The third kappa shape index (κ3) is 3.65. The Hall–Kier alpha value is -2.09. The van der Waals surface area contributed by atoms with Crippen LogP contribution in [0.5, 0.6) is 0 Å². The Bertz CT molecular complexity index is 379. The molecule has 15 heavy (non-hydrogen) atoms. The zero-order valence-electron chi connectivity index (χ0n) is 8.40. The Morgan fingerprint density at radius 2 is 2.47 bits per heavy atom. The minimum atomic E-state index is -0.358. The Labute approximate surface area is 87.9 Å². The summed E-state index contributed by atoms with van der Waals surface area (Å²) in [6, 6.07) is 5.26. The van der Waals surface area contributed by atoms with Gasteiger partial charge in [-0.25, -0.2) is 4.98 Å². The molecule has 1 amide bonds. The molecule has 0 aliphatic heterocycles. The number of hydrogen-bond donors (Lipinski definition) is 2. The summed E-state index contributed by atoms with van der Waals surface area (Å²) in [6.45, 7) is 1.84. The first-order valence-electron chi connectivity index (χ1n) is 4.53. The Morgan fingerprint density at radius 3 is 2.93 bits per heavy atom. The fourth-order valence-electron chi connectivity index (χ4n) is 1.15. The molecule has 0 spiro atoms. The topological polar surface area (TPSA) is 91.8 Å². The fraction of sp³-hybridized carbons (Fsp3) is 0.300. The summed E-state index contributed by atoms with van der Waals surface area (Å²) in [5.74, 6) is 0.270. The van der Waals surface area contributed by atoms with E-state index in [0.29, 0.717) is 11.4 Å². The van der Waals surface area contributed by atoms with Crippen LogP contribution in [0.15, 0.2) is 18.3 Å². The summed E-state index contributed by atoms with van der Waals surface area (Å²) in [7, 11) is 0. The molecule has 0 saturated carbocycles. The van der Waals surface area contributed by atoms with Gasteiger partial charge in [0.25, 0.3) is 0 Å². The second-order valence-corrected chi connectivity index (χ2v) is 3.26. The average Bonchev–Trinajstić information content (AvgIpc) is 2.17. The number of pyridine rings is 1. The monoisotopic (exact) mass is 204 g/mol. The molecule has 0 aromatic carbocycles. The van der Waals surface area contributed by atoms with E-state index < -0.39 is 0 Å². The number of primary amides is 1. The summed E-state index contributed by atoms with van der Waals surface area (Å²) < 4.78 is 0. The lowest BCUT2D eigenvalue weighted by Gasteiger charge is -2.11. The first kappa shape index (κ1) is 11.0. The molecule has 0 radical (unpaired) electrons. The van der Waals surface area contributed by atoms with Crippen LogP contribution in [-0.2, 0) is 4.79 Å². The van der Waals surface area contributed by atoms with Crippen LogP contribution in [0.3, 0.4) is 0 Å². The fourth-order valence-corrected chi connectivity index (χ4v) is 1.15. The standard InChI is InChI=1S/C10H12N4O/c1-7(4-9(12)15)14-10-3-2-8(5-11)6-13-10/h2-3,6-7H,4H2,1H3,(H2,12,15)(H,13,14). The normalized spacial score (nSPS) is 11.5. The number of nitriles is 1. The maximum absolute atomic E-state index is 10.6. The SMILES string of the molecule is CC(CC(N)=O)Nc1ccc(C#N)cn1. The highest BCUT2D eigenvalue weighted by Crippen LogP contribution is 2.06. The Morgan fingerprint density at radius 1 is 1.73 bits per heavy atom.